The smallest absolute Gasteiger partial charge is 0.416 e. The molecule has 184 valence electrons. The molecule has 2 heterocycles. The quantitative estimate of drug-likeness (QED) is 0.503. The summed E-state index contributed by atoms with van der Waals surface area (Å²) < 4.78 is 45.2. The van der Waals surface area contributed by atoms with Crippen molar-refractivity contribution in [2.75, 3.05) is 19.7 Å². The van der Waals surface area contributed by atoms with Crippen LogP contribution in [0.2, 0.25) is 0 Å². The predicted octanol–water partition coefficient (Wildman–Crippen LogP) is 5.22. The minimum absolute atomic E-state index is 0.116. The van der Waals surface area contributed by atoms with Gasteiger partial charge in [0, 0.05) is 31.1 Å². The van der Waals surface area contributed by atoms with E-state index in [1.165, 1.54) is 36.2 Å². The molecule has 1 aliphatic heterocycles. The minimum atomic E-state index is -4.51. The molecular formula is C26H31F3N2O3. The van der Waals surface area contributed by atoms with Gasteiger partial charge >= 0.3 is 12.1 Å². The number of carbonyl (C=O) groups is 1. The molecule has 1 aliphatic carbocycles. The van der Waals surface area contributed by atoms with Crippen LogP contribution in [0.25, 0.3) is 0 Å². The first-order valence-electron chi connectivity index (χ1n) is 12.0. The number of alkyl halides is 3. The van der Waals surface area contributed by atoms with E-state index >= 15 is 0 Å². The van der Waals surface area contributed by atoms with Gasteiger partial charge in [-0.25, -0.2) is 0 Å². The second-order valence-corrected chi connectivity index (χ2v) is 9.21. The van der Waals surface area contributed by atoms with E-state index in [9.17, 15) is 23.1 Å². The molecule has 0 radical (unpaired) electrons. The van der Waals surface area contributed by atoms with Gasteiger partial charge in [0.15, 0.2) is 0 Å². The summed E-state index contributed by atoms with van der Waals surface area (Å²) in [4.78, 5) is 18.4. The molecule has 0 spiro atoms. The molecule has 2 aromatic rings. The third kappa shape index (κ3) is 6.16. The Bertz CT molecular complexity index is 995. The van der Waals surface area contributed by atoms with Crippen LogP contribution >= 0.6 is 0 Å². The van der Waals surface area contributed by atoms with Gasteiger partial charge in [-0.2, -0.15) is 13.2 Å². The molecule has 0 amide bonds. The van der Waals surface area contributed by atoms with Crippen LogP contribution in [0.15, 0.2) is 36.4 Å². The number of unbranched alkanes of at least 4 members (excludes halogenated alkanes) is 1. The zero-order valence-corrected chi connectivity index (χ0v) is 19.2. The molecule has 1 aromatic carbocycles. The Morgan fingerprint density at radius 2 is 2.00 bits per heavy atom. The van der Waals surface area contributed by atoms with Crippen molar-refractivity contribution in [1.82, 2.24) is 9.88 Å². The SMILES string of the molecule is O=C(O)C(c1cccc(C(F)(F)F)c1)N1CC[C@@H](OCCCCc2ccc3c(n2)CCCC3)C1. The van der Waals surface area contributed by atoms with Crippen LogP contribution in [-0.2, 0) is 35.0 Å². The lowest BCUT2D eigenvalue weighted by molar-refractivity contribution is -0.144. The molecule has 1 aromatic heterocycles. The molecule has 1 unspecified atom stereocenters. The number of aliphatic carboxylic acids is 1. The standard InChI is InChI=1S/C26H31F3N2O3/c27-26(28,29)20-8-5-7-19(16-20)24(25(32)33)31-14-13-22(17-31)34-15-4-3-9-21-12-11-18-6-1-2-10-23(18)30-21/h5,7-8,11-12,16,22,24H,1-4,6,9-10,13-15,17H2,(H,32,33)/t22-,24?/m1/s1. The number of fused-ring (bicyclic) bond motifs is 1. The van der Waals surface area contributed by atoms with Crippen molar-refractivity contribution in [3.63, 3.8) is 0 Å². The van der Waals surface area contributed by atoms with E-state index in [1.807, 2.05) is 0 Å². The molecule has 1 fully saturated rings. The summed E-state index contributed by atoms with van der Waals surface area (Å²) in [6, 6.07) is 7.81. The lowest BCUT2D eigenvalue weighted by Crippen LogP contribution is -2.33. The van der Waals surface area contributed by atoms with Crippen molar-refractivity contribution in [1.29, 1.82) is 0 Å². The number of hydrogen-bond donors (Lipinski definition) is 1. The van der Waals surface area contributed by atoms with E-state index in [0.29, 0.717) is 26.1 Å². The first kappa shape index (κ1) is 24.7. The van der Waals surface area contributed by atoms with E-state index in [4.69, 9.17) is 9.72 Å². The summed E-state index contributed by atoms with van der Waals surface area (Å²) in [7, 11) is 0. The number of ether oxygens (including phenoxy) is 1. The van der Waals surface area contributed by atoms with Gasteiger partial charge in [-0.05, 0) is 80.7 Å². The van der Waals surface area contributed by atoms with E-state index < -0.39 is 23.8 Å². The number of hydrogen-bond acceptors (Lipinski definition) is 4. The number of aryl methyl sites for hydroxylation is 3. The van der Waals surface area contributed by atoms with E-state index in [0.717, 1.165) is 49.9 Å². The molecule has 8 heteroatoms. The topological polar surface area (TPSA) is 62.7 Å². The maximum Gasteiger partial charge on any atom is 0.416 e. The fourth-order valence-electron chi connectivity index (χ4n) is 4.94. The van der Waals surface area contributed by atoms with Gasteiger partial charge in [-0.1, -0.05) is 18.2 Å². The highest BCUT2D eigenvalue weighted by molar-refractivity contribution is 5.75. The van der Waals surface area contributed by atoms with Crippen molar-refractivity contribution in [3.8, 4) is 0 Å². The summed E-state index contributed by atoms with van der Waals surface area (Å²) >= 11 is 0. The number of carboxylic acid groups (broad SMARTS) is 1. The van der Waals surface area contributed by atoms with Gasteiger partial charge < -0.3 is 9.84 Å². The van der Waals surface area contributed by atoms with Gasteiger partial charge in [0.1, 0.15) is 6.04 Å². The zero-order chi connectivity index (χ0) is 24.1. The molecule has 2 aliphatic rings. The Morgan fingerprint density at radius 3 is 2.79 bits per heavy atom. The summed E-state index contributed by atoms with van der Waals surface area (Å²) in [5, 5.41) is 9.73. The number of benzene rings is 1. The summed E-state index contributed by atoms with van der Waals surface area (Å²) in [6.07, 6.45) is 3.45. The van der Waals surface area contributed by atoms with Crippen molar-refractivity contribution in [2.24, 2.45) is 0 Å². The average Bonchev–Trinajstić information content (AvgIpc) is 3.26. The van der Waals surface area contributed by atoms with Crippen molar-refractivity contribution >= 4 is 5.97 Å². The van der Waals surface area contributed by atoms with Gasteiger partial charge in [0.05, 0.1) is 11.7 Å². The lowest BCUT2D eigenvalue weighted by Gasteiger charge is -2.25. The number of nitrogens with zero attached hydrogens (tertiary/aromatic N) is 2. The predicted molar refractivity (Wildman–Crippen MR) is 122 cm³/mol. The van der Waals surface area contributed by atoms with Crippen molar-refractivity contribution in [3.05, 3.63) is 64.5 Å². The number of likely N-dealkylation sites (tertiary alicyclic amines) is 1. The molecule has 2 atom stereocenters. The van der Waals surface area contributed by atoms with Gasteiger partial charge in [0.2, 0.25) is 0 Å². The Kier molecular flexibility index (Phi) is 7.88. The van der Waals surface area contributed by atoms with Crippen molar-refractivity contribution < 1.29 is 27.8 Å². The first-order valence-corrected chi connectivity index (χ1v) is 12.0. The fourth-order valence-corrected chi connectivity index (χ4v) is 4.94. The average molecular weight is 477 g/mol. The highest BCUT2D eigenvalue weighted by Crippen LogP contribution is 2.33. The van der Waals surface area contributed by atoms with Crippen LogP contribution in [0.1, 0.15) is 66.2 Å². The van der Waals surface area contributed by atoms with E-state index in [-0.39, 0.29) is 11.7 Å². The Balaban J connectivity index is 1.24. The molecule has 1 saturated heterocycles. The molecule has 0 bridgehead atoms. The zero-order valence-electron chi connectivity index (χ0n) is 19.2. The van der Waals surface area contributed by atoms with Crippen LogP contribution in [0.4, 0.5) is 13.2 Å². The largest absolute Gasteiger partial charge is 0.480 e. The third-order valence-electron chi connectivity index (χ3n) is 6.72. The Morgan fingerprint density at radius 1 is 1.18 bits per heavy atom. The first-order chi connectivity index (χ1) is 16.3. The third-order valence-corrected chi connectivity index (χ3v) is 6.72. The number of halogens is 3. The Labute approximate surface area is 197 Å². The van der Waals surface area contributed by atoms with E-state index in [2.05, 4.69) is 12.1 Å². The van der Waals surface area contributed by atoms with Gasteiger partial charge in [-0.3, -0.25) is 14.7 Å². The van der Waals surface area contributed by atoms with Crippen LogP contribution in [0.3, 0.4) is 0 Å². The number of rotatable bonds is 9. The molecule has 0 saturated carbocycles. The van der Waals surface area contributed by atoms with Crippen LogP contribution in [-0.4, -0.2) is 46.8 Å². The van der Waals surface area contributed by atoms with Gasteiger partial charge in [0.25, 0.3) is 0 Å². The minimum Gasteiger partial charge on any atom is -0.480 e. The summed E-state index contributed by atoms with van der Waals surface area (Å²) in [5.74, 6) is -1.16. The molecule has 34 heavy (non-hydrogen) atoms. The van der Waals surface area contributed by atoms with Crippen LogP contribution in [0, 0.1) is 0 Å². The molecule has 5 nitrogen and oxygen atoms in total. The molecule has 1 N–H and O–H groups in total. The van der Waals surface area contributed by atoms with E-state index in [1.54, 1.807) is 4.90 Å². The highest BCUT2D eigenvalue weighted by atomic mass is 19.4. The normalized spacial score (nSPS) is 19.7. The van der Waals surface area contributed by atoms with Crippen LogP contribution < -0.4 is 0 Å². The van der Waals surface area contributed by atoms with Crippen molar-refractivity contribution in [2.45, 2.75) is 69.7 Å². The lowest BCUT2D eigenvalue weighted by atomic mass is 9.95. The molecular weight excluding hydrogens is 445 g/mol. The number of carboxylic acids is 1. The van der Waals surface area contributed by atoms with Gasteiger partial charge in [-0.15, -0.1) is 0 Å². The highest BCUT2D eigenvalue weighted by Gasteiger charge is 2.36. The number of aromatic nitrogens is 1. The maximum absolute atomic E-state index is 13.1. The molecule has 4 rings (SSSR count). The number of pyridine rings is 1. The van der Waals surface area contributed by atoms with Crippen LogP contribution in [0.5, 0.6) is 0 Å². The summed E-state index contributed by atoms with van der Waals surface area (Å²) in [6.45, 7) is 1.43. The monoisotopic (exact) mass is 476 g/mol. The fraction of sp³-hybridized carbons (Fsp3) is 0.538. The summed E-state index contributed by atoms with van der Waals surface area (Å²) in [5.41, 5.74) is 3.06. The maximum atomic E-state index is 13.1. The second-order valence-electron chi connectivity index (χ2n) is 9.21. The Hall–Kier alpha value is -2.45. The second kappa shape index (κ2) is 10.9.